The van der Waals surface area contributed by atoms with Gasteiger partial charge in [0.1, 0.15) is 41.1 Å². The van der Waals surface area contributed by atoms with Crippen molar-refractivity contribution in [3.8, 4) is 28.7 Å². The zero-order chi connectivity index (χ0) is 27.2. The molecule has 5 rings (SSSR count). The number of anilines is 2. The van der Waals surface area contributed by atoms with E-state index in [9.17, 15) is 15.2 Å². The molecule has 0 aliphatic carbocycles. The number of benzene rings is 3. The largest absolute Gasteiger partial charge is 0.457 e. The lowest BCUT2D eigenvalue weighted by Gasteiger charge is -2.20. The standard InChI is InChI=1S/C30H26N6O3/c31-16-22(15-20-7-3-1-4-8-20)30(38)36-17-25(26(37)18-36)35-29-27(28(32)33-19-34-29)21-11-13-24(14-12-21)39-23-9-5-2-6-10-23/h1-15,19,25-26,37H,17-18H2,(H3,32,33,34,35)/b22-15-/t25-,26+/m1/s1. The van der Waals surface area contributed by atoms with Crippen molar-refractivity contribution in [1.29, 1.82) is 5.26 Å². The van der Waals surface area contributed by atoms with Crippen LogP contribution >= 0.6 is 0 Å². The van der Waals surface area contributed by atoms with Gasteiger partial charge in [0, 0.05) is 13.1 Å². The van der Waals surface area contributed by atoms with Crippen LogP contribution < -0.4 is 15.8 Å². The minimum absolute atomic E-state index is 0.00108. The number of hydrogen-bond acceptors (Lipinski definition) is 8. The van der Waals surface area contributed by atoms with Gasteiger partial charge in [-0.1, -0.05) is 60.7 Å². The molecule has 1 aromatic heterocycles. The number of carbonyl (C=O) groups excluding carboxylic acids is 1. The molecule has 3 aromatic carbocycles. The maximum absolute atomic E-state index is 13.1. The molecule has 194 valence electrons. The first-order valence-electron chi connectivity index (χ1n) is 12.4. The Labute approximate surface area is 225 Å². The Morgan fingerprint density at radius 1 is 1.00 bits per heavy atom. The Bertz CT molecular complexity index is 1520. The van der Waals surface area contributed by atoms with E-state index in [1.54, 1.807) is 6.08 Å². The summed E-state index contributed by atoms with van der Waals surface area (Å²) in [5.74, 6) is 1.64. The lowest BCUT2D eigenvalue weighted by molar-refractivity contribution is -0.126. The number of rotatable bonds is 7. The first kappa shape index (κ1) is 25.4. The summed E-state index contributed by atoms with van der Waals surface area (Å²) in [4.78, 5) is 23.0. The number of nitrogens with zero attached hydrogens (tertiary/aromatic N) is 4. The number of nitrogen functional groups attached to an aromatic ring is 1. The van der Waals surface area contributed by atoms with E-state index >= 15 is 0 Å². The van der Waals surface area contributed by atoms with Gasteiger partial charge in [-0.2, -0.15) is 5.26 Å². The number of carbonyl (C=O) groups is 1. The zero-order valence-corrected chi connectivity index (χ0v) is 20.9. The summed E-state index contributed by atoms with van der Waals surface area (Å²) in [5, 5.41) is 23.6. The van der Waals surface area contributed by atoms with Crippen molar-refractivity contribution >= 4 is 23.6 Å². The molecule has 2 heterocycles. The van der Waals surface area contributed by atoms with E-state index in [2.05, 4.69) is 15.3 Å². The van der Waals surface area contributed by atoms with Crippen molar-refractivity contribution in [3.05, 3.63) is 102 Å². The number of ether oxygens (including phenoxy) is 1. The molecule has 0 unspecified atom stereocenters. The van der Waals surface area contributed by atoms with E-state index in [4.69, 9.17) is 10.5 Å². The molecule has 0 bridgehead atoms. The molecular weight excluding hydrogens is 492 g/mol. The molecule has 0 saturated carbocycles. The Morgan fingerprint density at radius 3 is 2.36 bits per heavy atom. The van der Waals surface area contributed by atoms with E-state index in [0.717, 1.165) is 16.9 Å². The number of aliphatic hydroxyl groups is 1. The summed E-state index contributed by atoms with van der Waals surface area (Å²) < 4.78 is 5.88. The molecule has 1 aliphatic heterocycles. The molecular formula is C30H26N6O3. The minimum atomic E-state index is -0.878. The summed E-state index contributed by atoms with van der Waals surface area (Å²) in [5.41, 5.74) is 8.31. The van der Waals surface area contributed by atoms with Gasteiger partial charge in [-0.3, -0.25) is 4.79 Å². The fourth-order valence-electron chi connectivity index (χ4n) is 4.41. The molecule has 39 heavy (non-hydrogen) atoms. The summed E-state index contributed by atoms with van der Waals surface area (Å²) in [7, 11) is 0. The molecule has 9 nitrogen and oxygen atoms in total. The third-order valence-electron chi connectivity index (χ3n) is 6.36. The second-order valence-corrected chi connectivity index (χ2v) is 9.03. The summed E-state index contributed by atoms with van der Waals surface area (Å²) in [6.07, 6.45) is 2.01. The number of likely N-dealkylation sites (tertiary alicyclic amines) is 1. The fourth-order valence-corrected chi connectivity index (χ4v) is 4.41. The van der Waals surface area contributed by atoms with Crippen LogP contribution in [0, 0.1) is 11.3 Å². The molecule has 1 aliphatic rings. The highest BCUT2D eigenvalue weighted by atomic mass is 16.5. The SMILES string of the molecule is N#C/C(=C/c1ccccc1)C(=O)N1C[C@H](O)[C@H](Nc2ncnc(N)c2-c2ccc(Oc3ccccc3)cc2)C1. The van der Waals surface area contributed by atoms with Crippen molar-refractivity contribution in [1.82, 2.24) is 14.9 Å². The number of hydrogen-bond donors (Lipinski definition) is 3. The Kier molecular flexibility index (Phi) is 7.48. The number of aliphatic hydroxyl groups excluding tert-OH is 1. The highest BCUT2D eigenvalue weighted by Crippen LogP contribution is 2.33. The maximum Gasteiger partial charge on any atom is 0.264 e. The van der Waals surface area contributed by atoms with Crippen LogP contribution in [0.4, 0.5) is 11.6 Å². The molecule has 0 radical (unpaired) electrons. The van der Waals surface area contributed by atoms with Gasteiger partial charge in [-0.15, -0.1) is 0 Å². The predicted molar refractivity (Wildman–Crippen MR) is 148 cm³/mol. The van der Waals surface area contributed by atoms with E-state index in [0.29, 0.717) is 17.1 Å². The topological polar surface area (TPSA) is 137 Å². The fraction of sp³-hybridized carbons (Fsp3) is 0.133. The van der Waals surface area contributed by atoms with Gasteiger partial charge in [0.2, 0.25) is 0 Å². The van der Waals surface area contributed by atoms with Gasteiger partial charge >= 0.3 is 0 Å². The second-order valence-electron chi connectivity index (χ2n) is 9.03. The summed E-state index contributed by atoms with van der Waals surface area (Å²) >= 11 is 0. The molecule has 1 saturated heterocycles. The number of nitrogens with one attached hydrogen (secondary N) is 1. The van der Waals surface area contributed by atoms with Crippen LogP contribution in [-0.2, 0) is 4.79 Å². The lowest BCUT2D eigenvalue weighted by atomic mass is 10.1. The number of para-hydroxylation sites is 1. The van der Waals surface area contributed by atoms with Crippen molar-refractivity contribution in [2.75, 3.05) is 24.1 Å². The average Bonchev–Trinajstić information content (AvgIpc) is 3.33. The van der Waals surface area contributed by atoms with Gasteiger partial charge < -0.3 is 25.8 Å². The van der Waals surface area contributed by atoms with Gasteiger partial charge in [-0.05, 0) is 41.5 Å². The number of β-amino-alcohol motifs (C(OH)–C–C–N with tert-alkyl or cyclic N) is 1. The first-order chi connectivity index (χ1) is 19.0. The molecule has 9 heteroatoms. The molecule has 1 amide bonds. The van der Waals surface area contributed by atoms with Crippen molar-refractivity contribution in [2.45, 2.75) is 12.1 Å². The quantitative estimate of drug-likeness (QED) is 0.246. The zero-order valence-electron chi connectivity index (χ0n) is 20.9. The second kappa shape index (κ2) is 11.5. The number of amides is 1. The Balaban J connectivity index is 1.32. The van der Waals surface area contributed by atoms with Crippen LogP contribution in [0.15, 0.2) is 96.8 Å². The average molecular weight is 519 g/mol. The molecule has 4 aromatic rings. The Morgan fingerprint density at radius 2 is 1.67 bits per heavy atom. The van der Waals surface area contributed by atoms with Crippen LogP contribution in [-0.4, -0.2) is 51.1 Å². The van der Waals surface area contributed by atoms with Gasteiger partial charge in [-0.25, -0.2) is 9.97 Å². The number of nitrogens with two attached hydrogens (primary N) is 1. The Hall–Kier alpha value is -5.20. The summed E-state index contributed by atoms with van der Waals surface area (Å²) in [6, 6.07) is 27.4. The third-order valence-corrected chi connectivity index (χ3v) is 6.36. The molecule has 1 fully saturated rings. The first-order valence-corrected chi connectivity index (χ1v) is 12.4. The summed E-state index contributed by atoms with van der Waals surface area (Å²) in [6.45, 7) is 0.257. The van der Waals surface area contributed by atoms with Crippen LogP contribution in [0.2, 0.25) is 0 Å². The minimum Gasteiger partial charge on any atom is -0.457 e. The van der Waals surface area contributed by atoms with Gasteiger partial charge in [0.15, 0.2) is 0 Å². The van der Waals surface area contributed by atoms with Crippen molar-refractivity contribution in [2.24, 2.45) is 0 Å². The van der Waals surface area contributed by atoms with Crippen LogP contribution in [0.5, 0.6) is 11.5 Å². The third kappa shape index (κ3) is 5.87. The monoisotopic (exact) mass is 518 g/mol. The molecule has 0 spiro atoms. The highest BCUT2D eigenvalue weighted by molar-refractivity contribution is 6.02. The van der Waals surface area contributed by atoms with Crippen LogP contribution in [0.3, 0.4) is 0 Å². The highest BCUT2D eigenvalue weighted by Gasteiger charge is 2.36. The van der Waals surface area contributed by atoms with E-state index in [1.165, 1.54) is 11.2 Å². The smallest absolute Gasteiger partial charge is 0.264 e. The van der Waals surface area contributed by atoms with E-state index in [1.807, 2.05) is 91.0 Å². The lowest BCUT2D eigenvalue weighted by Crippen LogP contribution is -2.33. The van der Waals surface area contributed by atoms with Gasteiger partial charge in [0.25, 0.3) is 5.91 Å². The van der Waals surface area contributed by atoms with E-state index < -0.39 is 18.1 Å². The number of nitriles is 1. The van der Waals surface area contributed by atoms with Crippen molar-refractivity contribution in [3.63, 3.8) is 0 Å². The predicted octanol–water partition coefficient (Wildman–Crippen LogP) is 4.11. The molecule has 2 atom stereocenters. The van der Waals surface area contributed by atoms with Crippen LogP contribution in [0.1, 0.15) is 5.56 Å². The normalized spacial score (nSPS) is 16.9. The van der Waals surface area contributed by atoms with E-state index in [-0.39, 0.29) is 24.5 Å². The van der Waals surface area contributed by atoms with Crippen LogP contribution in [0.25, 0.3) is 17.2 Å². The molecule has 4 N–H and O–H groups in total. The number of aromatic nitrogens is 2. The van der Waals surface area contributed by atoms with Crippen molar-refractivity contribution < 1.29 is 14.6 Å². The maximum atomic E-state index is 13.1. The van der Waals surface area contributed by atoms with Gasteiger partial charge in [0.05, 0.1) is 17.7 Å².